The van der Waals surface area contributed by atoms with Gasteiger partial charge in [0.05, 0.1) is 24.9 Å². The molecular formula is C27H28N4O3. The number of H-pyrrole nitrogens is 1. The molecule has 1 saturated heterocycles. The minimum atomic E-state index is -0.0429. The number of hydrogen-bond acceptors (Lipinski definition) is 5. The van der Waals surface area contributed by atoms with Gasteiger partial charge in [0.25, 0.3) is 5.91 Å². The number of carbonyl (C=O) groups is 1. The molecule has 1 aliphatic heterocycles. The van der Waals surface area contributed by atoms with E-state index in [2.05, 4.69) is 15.2 Å². The van der Waals surface area contributed by atoms with Crippen molar-refractivity contribution in [3.63, 3.8) is 0 Å². The highest BCUT2D eigenvalue weighted by Crippen LogP contribution is 2.29. The lowest BCUT2D eigenvalue weighted by molar-refractivity contribution is 0.0692. The summed E-state index contributed by atoms with van der Waals surface area (Å²) in [5.41, 5.74) is 4.55. The van der Waals surface area contributed by atoms with Crippen LogP contribution in [0.5, 0.6) is 5.75 Å². The summed E-state index contributed by atoms with van der Waals surface area (Å²) in [6.45, 7) is 3.34. The van der Waals surface area contributed by atoms with Crippen molar-refractivity contribution in [2.45, 2.75) is 32.1 Å². The maximum Gasteiger partial charge on any atom is 0.271 e. The molecule has 5 rings (SSSR count). The van der Waals surface area contributed by atoms with Gasteiger partial charge < -0.3 is 14.1 Å². The summed E-state index contributed by atoms with van der Waals surface area (Å²) in [7, 11) is 1.66. The van der Waals surface area contributed by atoms with Crippen LogP contribution >= 0.6 is 0 Å². The molecule has 3 heterocycles. The van der Waals surface area contributed by atoms with Crippen LogP contribution in [0.15, 0.2) is 65.2 Å². The number of oxazole rings is 1. The zero-order chi connectivity index (χ0) is 23.5. The Bertz CT molecular complexity index is 1280. The Labute approximate surface area is 198 Å². The predicted octanol–water partition coefficient (Wildman–Crippen LogP) is 4.99. The van der Waals surface area contributed by atoms with E-state index in [1.807, 2.05) is 66.4 Å². The molecule has 1 aliphatic rings. The number of likely N-dealkylation sites (tertiary alicyclic amines) is 1. The summed E-state index contributed by atoms with van der Waals surface area (Å²) in [4.78, 5) is 19.6. The van der Waals surface area contributed by atoms with E-state index in [0.717, 1.165) is 41.2 Å². The van der Waals surface area contributed by atoms with Crippen LogP contribution in [0.3, 0.4) is 0 Å². The molecule has 1 fully saturated rings. The average Bonchev–Trinajstić information content (AvgIpc) is 3.55. The van der Waals surface area contributed by atoms with Gasteiger partial charge in [0.2, 0.25) is 0 Å². The molecule has 0 radical (unpaired) electrons. The maximum absolute atomic E-state index is 13.2. The summed E-state index contributed by atoms with van der Waals surface area (Å²) in [5.74, 6) is 2.36. The van der Waals surface area contributed by atoms with Crippen LogP contribution in [0, 0.1) is 6.92 Å². The number of aromatic amines is 1. The molecule has 34 heavy (non-hydrogen) atoms. The SMILES string of the molecule is COc1cccc(Cc2cnc([C@@H]3CCCN(C(=O)c4cc(-c5ccc(C)cc5)n[nH]4)C3)o2)c1. The lowest BCUT2D eigenvalue weighted by atomic mass is 9.97. The zero-order valence-electron chi connectivity index (χ0n) is 19.5. The molecule has 0 saturated carbocycles. The molecule has 7 nitrogen and oxygen atoms in total. The quantitative estimate of drug-likeness (QED) is 0.442. The fourth-order valence-corrected chi connectivity index (χ4v) is 4.41. The number of nitrogens with one attached hydrogen (secondary N) is 1. The average molecular weight is 457 g/mol. The third-order valence-corrected chi connectivity index (χ3v) is 6.30. The van der Waals surface area contributed by atoms with E-state index < -0.39 is 0 Å². The van der Waals surface area contributed by atoms with Crippen molar-refractivity contribution in [1.29, 1.82) is 0 Å². The van der Waals surface area contributed by atoms with Gasteiger partial charge in [-0.2, -0.15) is 5.10 Å². The number of aromatic nitrogens is 3. The molecule has 1 atom stereocenters. The van der Waals surface area contributed by atoms with E-state index in [9.17, 15) is 4.79 Å². The van der Waals surface area contributed by atoms with E-state index in [0.29, 0.717) is 31.1 Å². The lowest BCUT2D eigenvalue weighted by Gasteiger charge is -2.30. The number of carbonyl (C=O) groups excluding carboxylic acids is 1. The van der Waals surface area contributed by atoms with Gasteiger partial charge in [-0.05, 0) is 43.5 Å². The molecule has 4 aromatic rings. The molecule has 2 aromatic carbocycles. The normalized spacial score (nSPS) is 15.9. The van der Waals surface area contributed by atoms with Gasteiger partial charge in [-0.3, -0.25) is 9.89 Å². The van der Waals surface area contributed by atoms with Crippen LogP contribution in [0.2, 0.25) is 0 Å². The van der Waals surface area contributed by atoms with Gasteiger partial charge in [0, 0.05) is 25.1 Å². The first-order valence-corrected chi connectivity index (χ1v) is 11.6. The molecular weight excluding hydrogens is 428 g/mol. The summed E-state index contributed by atoms with van der Waals surface area (Å²) in [5, 5.41) is 7.27. The number of nitrogens with zero attached hydrogens (tertiary/aromatic N) is 3. The number of benzene rings is 2. The molecule has 174 valence electrons. The third kappa shape index (κ3) is 4.73. The fourth-order valence-electron chi connectivity index (χ4n) is 4.41. The van der Waals surface area contributed by atoms with E-state index >= 15 is 0 Å². The second-order valence-corrected chi connectivity index (χ2v) is 8.82. The summed E-state index contributed by atoms with van der Waals surface area (Å²) in [6, 6.07) is 17.9. The molecule has 0 spiro atoms. The number of rotatable bonds is 6. The smallest absolute Gasteiger partial charge is 0.271 e. The Morgan fingerprint density at radius 3 is 2.88 bits per heavy atom. The largest absolute Gasteiger partial charge is 0.497 e. The summed E-state index contributed by atoms with van der Waals surface area (Å²) >= 11 is 0. The van der Waals surface area contributed by atoms with Gasteiger partial charge in [-0.15, -0.1) is 0 Å². The standard InChI is InChI=1S/C27H28N4O3/c1-18-8-10-20(11-9-18)24-15-25(30-29-24)27(32)31-12-4-6-21(17-31)26-28-16-23(34-26)14-19-5-3-7-22(13-19)33-2/h3,5,7-11,13,15-16,21H,4,6,12,14,17H2,1-2H3,(H,29,30)/t21-/m1/s1. The summed E-state index contributed by atoms with van der Waals surface area (Å²) in [6.07, 6.45) is 4.29. The number of piperidine rings is 1. The maximum atomic E-state index is 13.2. The minimum absolute atomic E-state index is 0.0429. The van der Waals surface area contributed by atoms with Gasteiger partial charge in [0.1, 0.15) is 17.2 Å². The molecule has 0 unspecified atom stereocenters. The number of amides is 1. The number of aryl methyl sites for hydroxylation is 1. The van der Waals surface area contributed by atoms with Gasteiger partial charge in [-0.25, -0.2) is 4.98 Å². The van der Waals surface area contributed by atoms with Crippen molar-refractivity contribution >= 4 is 5.91 Å². The van der Waals surface area contributed by atoms with Crippen LogP contribution in [0.4, 0.5) is 0 Å². The number of hydrogen-bond donors (Lipinski definition) is 1. The molecule has 1 N–H and O–H groups in total. The highest BCUT2D eigenvalue weighted by atomic mass is 16.5. The van der Waals surface area contributed by atoms with Crippen molar-refractivity contribution < 1.29 is 13.9 Å². The van der Waals surface area contributed by atoms with Crippen molar-refractivity contribution in [2.75, 3.05) is 20.2 Å². The number of methoxy groups -OCH3 is 1. The monoisotopic (exact) mass is 456 g/mol. The molecule has 0 aliphatic carbocycles. The minimum Gasteiger partial charge on any atom is -0.497 e. The second-order valence-electron chi connectivity index (χ2n) is 8.82. The van der Waals surface area contributed by atoms with E-state index in [1.54, 1.807) is 13.3 Å². The Morgan fingerprint density at radius 2 is 2.06 bits per heavy atom. The molecule has 1 amide bonds. The fraction of sp³-hybridized carbons (Fsp3) is 0.296. The second kappa shape index (κ2) is 9.55. The first kappa shape index (κ1) is 21.9. The van der Waals surface area contributed by atoms with Crippen LogP contribution in [-0.4, -0.2) is 46.2 Å². The van der Waals surface area contributed by atoms with Gasteiger partial charge in [0.15, 0.2) is 5.89 Å². The molecule has 7 heteroatoms. The first-order chi connectivity index (χ1) is 16.6. The Kier molecular flexibility index (Phi) is 6.16. The number of ether oxygens (including phenoxy) is 1. The molecule has 2 aromatic heterocycles. The third-order valence-electron chi connectivity index (χ3n) is 6.30. The highest BCUT2D eigenvalue weighted by Gasteiger charge is 2.29. The lowest BCUT2D eigenvalue weighted by Crippen LogP contribution is -2.39. The highest BCUT2D eigenvalue weighted by molar-refractivity contribution is 5.93. The van der Waals surface area contributed by atoms with E-state index in [-0.39, 0.29) is 11.8 Å². The Hall–Kier alpha value is -3.87. The Morgan fingerprint density at radius 1 is 1.21 bits per heavy atom. The molecule has 0 bridgehead atoms. The van der Waals surface area contributed by atoms with Crippen LogP contribution in [-0.2, 0) is 6.42 Å². The van der Waals surface area contributed by atoms with Gasteiger partial charge >= 0.3 is 0 Å². The van der Waals surface area contributed by atoms with Gasteiger partial charge in [-0.1, -0.05) is 42.0 Å². The van der Waals surface area contributed by atoms with E-state index in [1.165, 1.54) is 5.56 Å². The van der Waals surface area contributed by atoms with Crippen molar-refractivity contribution in [3.05, 3.63) is 89.3 Å². The topological polar surface area (TPSA) is 84.2 Å². The van der Waals surface area contributed by atoms with Crippen molar-refractivity contribution in [2.24, 2.45) is 0 Å². The summed E-state index contributed by atoms with van der Waals surface area (Å²) < 4.78 is 11.4. The van der Waals surface area contributed by atoms with Crippen LogP contribution in [0.25, 0.3) is 11.3 Å². The van der Waals surface area contributed by atoms with Crippen LogP contribution < -0.4 is 4.74 Å². The van der Waals surface area contributed by atoms with Crippen molar-refractivity contribution in [3.8, 4) is 17.0 Å². The Balaban J connectivity index is 1.25. The predicted molar refractivity (Wildman–Crippen MR) is 129 cm³/mol. The first-order valence-electron chi connectivity index (χ1n) is 11.6. The zero-order valence-corrected chi connectivity index (χ0v) is 19.5. The van der Waals surface area contributed by atoms with Crippen LogP contribution in [0.1, 0.15) is 52.0 Å². The van der Waals surface area contributed by atoms with E-state index in [4.69, 9.17) is 9.15 Å². The van der Waals surface area contributed by atoms with Crippen molar-refractivity contribution in [1.82, 2.24) is 20.1 Å².